The van der Waals surface area contributed by atoms with Crippen molar-refractivity contribution in [1.82, 2.24) is 20.4 Å². The molecule has 9 nitrogen and oxygen atoms in total. The molecule has 43 heavy (non-hydrogen) atoms. The van der Waals surface area contributed by atoms with Gasteiger partial charge in [-0.05, 0) is 76.1 Å². The Morgan fingerprint density at radius 1 is 1.05 bits per heavy atom. The van der Waals surface area contributed by atoms with Gasteiger partial charge in [0.15, 0.2) is 0 Å². The maximum absolute atomic E-state index is 13.6. The molecule has 3 heterocycles. The number of carbonyl (C=O) groups excluding carboxylic acids is 2. The molecule has 2 aliphatic heterocycles. The van der Waals surface area contributed by atoms with Crippen LogP contribution in [0.3, 0.4) is 0 Å². The zero-order chi connectivity index (χ0) is 30.2. The van der Waals surface area contributed by atoms with Crippen LogP contribution in [0.1, 0.15) is 52.0 Å². The first kappa shape index (κ1) is 29.0. The van der Waals surface area contributed by atoms with Crippen LogP contribution in [-0.2, 0) is 14.9 Å². The number of rotatable bonds is 6. The fraction of sp³-hybridized carbons (Fsp3) is 0.471. The Kier molecular flexibility index (Phi) is 7.75. The van der Waals surface area contributed by atoms with E-state index in [-0.39, 0.29) is 41.0 Å². The summed E-state index contributed by atoms with van der Waals surface area (Å²) in [6.45, 7) is 8.37. The lowest BCUT2D eigenvalue weighted by Gasteiger charge is -2.43. The molecule has 2 N–H and O–H groups in total. The molecule has 226 valence electrons. The molecule has 2 saturated heterocycles. The summed E-state index contributed by atoms with van der Waals surface area (Å²) in [6.07, 6.45) is 4.76. The van der Waals surface area contributed by atoms with E-state index in [0.29, 0.717) is 30.8 Å². The normalized spacial score (nSPS) is 22.8. The van der Waals surface area contributed by atoms with Crippen molar-refractivity contribution in [2.45, 2.75) is 63.5 Å². The number of hydrogen-bond acceptors (Lipinski definition) is 7. The molecule has 1 aromatic heterocycles. The average molecular weight is 584 g/mol. The molecule has 0 bridgehead atoms. The van der Waals surface area contributed by atoms with Gasteiger partial charge in [-0.1, -0.05) is 42.5 Å². The first-order valence-corrected chi connectivity index (χ1v) is 15.3. The number of aromatic nitrogens is 2. The van der Waals surface area contributed by atoms with Gasteiger partial charge in [-0.2, -0.15) is 10.2 Å². The second-order valence-electron chi connectivity index (χ2n) is 13.2. The number of amides is 2. The number of fused-ring (bicyclic) bond motifs is 1. The Bertz CT molecular complexity index is 1460. The van der Waals surface area contributed by atoms with E-state index in [1.807, 2.05) is 49.9 Å². The van der Waals surface area contributed by atoms with Gasteiger partial charge in [0.1, 0.15) is 11.4 Å². The molecule has 1 saturated carbocycles. The van der Waals surface area contributed by atoms with Crippen LogP contribution >= 0.6 is 0 Å². The number of phenolic OH excluding ortho intramolecular Hbond substituents is 1. The Hall–Kier alpha value is -4.14. The van der Waals surface area contributed by atoms with E-state index in [2.05, 4.69) is 44.7 Å². The van der Waals surface area contributed by atoms with Crippen molar-refractivity contribution < 1.29 is 19.4 Å². The molecule has 1 aliphatic carbocycles. The number of likely N-dealkylation sites (tertiary alicyclic amines) is 1. The highest BCUT2D eigenvalue weighted by Crippen LogP contribution is 2.47. The summed E-state index contributed by atoms with van der Waals surface area (Å²) in [4.78, 5) is 30.4. The van der Waals surface area contributed by atoms with E-state index in [1.165, 1.54) is 5.56 Å². The van der Waals surface area contributed by atoms with Gasteiger partial charge in [0, 0.05) is 49.1 Å². The van der Waals surface area contributed by atoms with Gasteiger partial charge in [0.25, 0.3) is 0 Å². The van der Waals surface area contributed by atoms with Crippen LogP contribution in [0, 0.1) is 11.8 Å². The Morgan fingerprint density at radius 2 is 1.77 bits per heavy atom. The molecule has 2 aromatic carbocycles. The van der Waals surface area contributed by atoms with Crippen molar-refractivity contribution in [3.8, 4) is 17.0 Å². The second-order valence-corrected chi connectivity index (χ2v) is 13.2. The largest absolute Gasteiger partial charge is 0.507 e. The zero-order valence-electron chi connectivity index (χ0n) is 25.2. The van der Waals surface area contributed by atoms with Gasteiger partial charge in [-0.3, -0.25) is 4.79 Å². The Labute approximate surface area is 253 Å². The number of anilines is 1. The summed E-state index contributed by atoms with van der Waals surface area (Å²) in [5, 5.41) is 22.2. The van der Waals surface area contributed by atoms with E-state index in [9.17, 15) is 14.7 Å². The Morgan fingerprint density at radius 3 is 2.49 bits per heavy atom. The molecular weight excluding hydrogens is 542 g/mol. The number of benzene rings is 2. The summed E-state index contributed by atoms with van der Waals surface area (Å²) in [6, 6.07) is 19.7. The van der Waals surface area contributed by atoms with E-state index in [4.69, 9.17) is 4.74 Å². The van der Waals surface area contributed by atoms with Crippen LogP contribution in [0.4, 0.5) is 10.5 Å². The van der Waals surface area contributed by atoms with Crippen LogP contribution < -0.4 is 10.2 Å². The lowest BCUT2D eigenvalue weighted by Crippen LogP contribution is -2.51. The van der Waals surface area contributed by atoms with Gasteiger partial charge in [0.2, 0.25) is 5.91 Å². The minimum atomic E-state index is -0.530. The average Bonchev–Trinajstić information content (AvgIpc) is 3.81. The number of nitrogens with zero attached hydrogens (tertiary/aromatic N) is 4. The minimum Gasteiger partial charge on any atom is -0.507 e. The highest BCUT2D eigenvalue weighted by atomic mass is 16.6. The maximum Gasteiger partial charge on any atom is 0.410 e. The SMILES string of the molecule is CC(C)(C)OC(=O)N1CCC(C(=O)NCC2(c3ccccc3)CCN(c3cnnc(-c4ccccc4O)c3)CC2)C2CC21. The van der Waals surface area contributed by atoms with Crippen molar-refractivity contribution in [2.75, 3.05) is 31.1 Å². The molecule has 3 atom stereocenters. The molecule has 0 spiro atoms. The first-order chi connectivity index (χ1) is 20.6. The Balaban J connectivity index is 1.11. The fourth-order valence-electron chi connectivity index (χ4n) is 6.81. The summed E-state index contributed by atoms with van der Waals surface area (Å²) in [7, 11) is 0. The fourth-order valence-corrected chi connectivity index (χ4v) is 6.81. The second kappa shape index (κ2) is 11.5. The molecule has 6 rings (SSSR count). The monoisotopic (exact) mass is 583 g/mol. The number of hydrogen-bond donors (Lipinski definition) is 2. The topological polar surface area (TPSA) is 108 Å². The third-order valence-corrected chi connectivity index (χ3v) is 9.26. The summed E-state index contributed by atoms with van der Waals surface area (Å²) in [5.74, 6) is 0.403. The van der Waals surface area contributed by atoms with Crippen LogP contribution in [-0.4, -0.2) is 70.0 Å². The lowest BCUT2D eigenvalue weighted by atomic mass is 9.72. The summed E-state index contributed by atoms with van der Waals surface area (Å²) < 4.78 is 5.60. The standard InChI is InChI=1S/C34H41N5O4/c1-33(2,3)43-32(42)39-16-13-25(27-20-29(27)39)31(41)35-22-34(23-9-5-4-6-10-23)14-17-38(18-15-34)24-19-28(37-36-21-24)26-11-7-8-12-30(26)40/h4-12,19,21,25,27,29,40H,13-18,20,22H2,1-3H3,(H,35,41). The first-order valence-electron chi connectivity index (χ1n) is 15.3. The number of phenols is 1. The van der Waals surface area contributed by atoms with Crippen LogP contribution in [0.2, 0.25) is 0 Å². The minimum absolute atomic E-state index is 0.0766. The van der Waals surface area contributed by atoms with Gasteiger partial charge < -0.3 is 25.0 Å². The molecule has 3 unspecified atom stereocenters. The number of piperidine rings is 2. The number of para-hydroxylation sites is 1. The third-order valence-electron chi connectivity index (χ3n) is 9.26. The molecular formula is C34H41N5O4. The van der Waals surface area contributed by atoms with Gasteiger partial charge in [-0.25, -0.2) is 4.79 Å². The van der Waals surface area contributed by atoms with E-state index in [0.717, 1.165) is 38.0 Å². The van der Waals surface area contributed by atoms with Gasteiger partial charge >= 0.3 is 6.09 Å². The number of nitrogens with one attached hydrogen (secondary N) is 1. The van der Waals surface area contributed by atoms with Crippen molar-refractivity contribution in [3.05, 3.63) is 72.4 Å². The number of aromatic hydroxyl groups is 1. The molecule has 2 amide bonds. The molecule has 0 radical (unpaired) electrons. The summed E-state index contributed by atoms with van der Waals surface area (Å²) >= 11 is 0. The van der Waals surface area contributed by atoms with Crippen LogP contribution in [0.15, 0.2) is 66.9 Å². The lowest BCUT2D eigenvalue weighted by molar-refractivity contribution is -0.127. The predicted octanol–water partition coefficient (Wildman–Crippen LogP) is 5.15. The van der Waals surface area contributed by atoms with E-state index < -0.39 is 5.60 Å². The van der Waals surface area contributed by atoms with Crippen molar-refractivity contribution in [3.63, 3.8) is 0 Å². The highest BCUT2D eigenvalue weighted by Gasteiger charge is 2.54. The summed E-state index contributed by atoms with van der Waals surface area (Å²) in [5.41, 5.74) is 2.79. The molecule has 3 fully saturated rings. The third kappa shape index (κ3) is 6.17. The van der Waals surface area contributed by atoms with Crippen LogP contribution in [0.5, 0.6) is 5.75 Å². The van der Waals surface area contributed by atoms with Crippen molar-refractivity contribution in [1.29, 1.82) is 0 Å². The van der Waals surface area contributed by atoms with E-state index >= 15 is 0 Å². The van der Waals surface area contributed by atoms with E-state index in [1.54, 1.807) is 18.3 Å². The number of carbonyl (C=O) groups is 2. The number of ether oxygens (including phenoxy) is 1. The van der Waals surface area contributed by atoms with Crippen molar-refractivity contribution >= 4 is 17.7 Å². The van der Waals surface area contributed by atoms with Crippen LogP contribution in [0.25, 0.3) is 11.3 Å². The predicted molar refractivity (Wildman–Crippen MR) is 165 cm³/mol. The molecule has 3 aromatic rings. The maximum atomic E-state index is 13.6. The zero-order valence-corrected chi connectivity index (χ0v) is 25.2. The highest BCUT2D eigenvalue weighted by molar-refractivity contribution is 5.81. The van der Waals surface area contributed by atoms with Gasteiger partial charge in [-0.15, -0.1) is 0 Å². The van der Waals surface area contributed by atoms with Gasteiger partial charge in [0.05, 0.1) is 17.6 Å². The molecule has 3 aliphatic rings. The molecule has 9 heteroatoms. The smallest absolute Gasteiger partial charge is 0.410 e. The van der Waals surface area contributed by atoms with Crippen molar-refractivity contribution in [2.24, 2.45) is 11.8 Å². The quantitative estimate of drug-likeness (QED) is 0.413.